The van der Waals surface area contributed by atoms with Gasteiger partial charge < -0.3 is 15.0 Å². The van der Waals surface area contributed by atoms with Crippen molar-refractivity contribution in [3.8, 4) is 0 Å². The highest BCUT2D eigenvalue weighted by Crippen LogP contribution is 2.28. The van der Waals surface area contributed by atoms with Crippen molar-refractivity contribution in [1.29, 1.82) is 0 Å². The molecule has 0 bridgehead atoms. The Hall–Kier alpha value is -0.770. The number of hydrogen-bond donors (Lipinski definition) is 1. The summed E-state index contributed by atoms with van der Waals surface area (Å²) in [4.78, 5) is 14.8. The fourth-order valence-corrected chi connectivity index (χ4v) is 4.06. The molecule has 1 saturated carbocycles. The third-order valence-corrected chi connectivity index (χ3v) is 5.28. The topological polar surface area (TPSA) is 41.6 Å². The Morgan fingerprint density at radius 1 is 1.17 bits per heavy atom. The Morgan fingerprint density at radius 3 is 2.61 bits per heavy atom. The molecule has 1 aliphatic carbocycles. The molecule has 1 saturated heterocycles. The van der Waals surface area contributed by atoms with E-state index in [1.807, 2.05) is 20.8 Å². The van der Waals surface area contributed by atoms with Crippen LogP contribution in [-0.4, -0.2) is 42.3 Å². The molecule has 2 rings (SSSR count). The van der Waals surface area contributed by atoms with Crippen LogP contribution in [0.2, 0.25) is 0 Å². The van der Waals surface area contributed by atoms with Gasteiger partial charge in [0.05, 0.1) is 0 Å². The van der Waals surface area contributed by atoms with Crippen molar-refractivity contribution in [2.24, 2.45) is 11.8 Å². The van der Waals surface area contributed by atoms with Crippen molar-refractivity contribution in [2.45, 2.75) is 84.3 Å². The average Bonchev–Trinajstić information content (AvgIpc) is 2.47. The van der Waals surface area contributed by atoms with E-state index in [-0.39, 0.29) is 12.1 Å². The van der Waals surface area contributed by atoms with Crippen molar-refractivity contribution in [2.75, 3.05) is 19.6 Å². The summed E-state index contributed by atoms with van der Waals surface area (Å²) in [7, 11) is 0. The first-order valence-corrected chi connectivity index (χ1v) is 9.59. The van der Waals surface area contributed by atoms with Crippen LogP contribution in [0, 0.1) is 11.8 Å². The van der Waals surface area contributed by atoms with Gasteiger partial charge >= 0.3 is 6.09 Å². The van der Waals surface area contributed by atoms with Gasteiger partial charge in [-0.15, -0.1) is 0 Å². The summed E-state index contributed by atoms with van der Waals surface area (Å²) < 4.78 is 5.45. The zero-order chi connectivity index (χ0) is 16.9. The summed E-state index contributed by atoms with van der Waals surface area (Å²) in [6.07, 6.45) is 8.59. The number of nitrogens with one attached hydrogen (secondary N) is 1. The standard InChI is InChI=1S/C19H36N2O2/c1-5-15-9-8-12-21(13-15)14-16-10-6-7-11-17(16)20-18(22)23-19(2,3)4/h15-17H,5-14H2,1-4H3,(H,20,22)/t15-,16-,17+/m1/s1. The first-order valence-electron chi connectivity index (χ1n) is 9.59. The first kappa shape index (κ1) is 18.6. The third kappa shape index (κ3) is 6.33. The number of nitrogens with zero attached hydrogens (tertiary/aromatic N) is 1. The second kappa shape index (κ2) is 8.36. The Balaban J connectivity index is 1.86. The number of hydrogen-bond acceptors (Lipinski definition) is 3. The summed E-state index contributed by atoms with van der Waals surface area (Å²) in [5.74, 6) is 1.44. The Labute approximate surface area is 142 Å². The van der Waals surface area contributed by atoms with E-state index in [1.165, 1.54) is 51.6 Å². The van der Waals surface area contributed by atoms with Gasteiger partial charge in [0.1, 0.15) is 5.60 Å². The highest BCUT2D eigenvalue weighted by atomic mass is 16.6. The molecule has 1 amide bonds. The van der Waals surface area contributed by atoms with E-state index in [0.29, 0.717) is 5.92 Å². The lowest BCUT2D eigenvalue weighted by atomic mass is 9.83. The molecule has 1 N–H and O–H groups in total. The van der Waals surface area contributed by atoms with Gasteiger partial charge in [0.15, 0.2) is 0 Å². The predicted molar refractivity (Wildman–Crippen MR) is 94.6 cm³/mol. The lowest BCUT2D eigenvalue weighted by Crippen LogP contribution is -2.49. The zero-order valence-corrected chi connectivity index (χ0v) is 15.6. The van der Waals surface area contributed by atoms with Crippen molar-refractivity contribution < 1.29 is 9.53 Å². The highest BCUT2D eigenvalue weighted by molar-refractivity contribution is 5.68. The second-order valence-electron chi connectivity index (χ2n) is 8.47. The molecule has 0 spiro atoms. The molecule has 1 aliphatic heterocycles. The third-order valence-electron chi connectivity index (χ3n) is 5.28. The summed E-state index contributed by atoms with van der Waals surface area (Å²) in [5.41, 5.74) is -0.421. The van der Waals surface area contributed by atoms with E-state index in [1.54, 1.807) is 0 Å². The number of alkyl carbamates (subject to hydrolysis) is 1. The Morgan fingerprint density at radius 2 is 1.91 bits per heavy atom. The SMILES string of the molecule is CC[C@@H]1CCCN(C[C@H]2CCCC[C@@H]2NC(=O)OC(C)(C)C)C1. The van der Waals surface area contributed by atoms with Crippen molar-refractivity contribution >= 4 is 6.09 Å². The molecule has 3 atom stereocenters. The molecular formula is C19H36N2O2. The van der Waals surface area contributed by atoms with Crippen LogP contribution in [0.3, 0.4) is 0 Å². The molecule has 0 unspecified atom stereocenters. The minimum atomic E-state index is -0.421. The fourth-order valence-electron chi connectivity index (χ4n) is 4.06. The largest absolute Gasteiger partial charge is 0.444 e. The van der Waals surface area contributed by atoms with Crippen molar-refractivity contribution in [1.82, 2.24) is 10.2 Å². The molecule has 2 fully saturated rings. The van der Waals surface area contributed by atoms with E-state index in [4.69, 9.17) is 4.74 Å². The lowest BCUT2D eigenvalue weighted by molar-refractivity contribution is 0.0443. The van der Waals surface area contributed by atoms with E-state index in [9.17, 15) is 4.79 Å². The van der Waals surface area contributed by atoms with Crippen LogP contribution in [-0.2, 0) is 4.74 Å². The van der Waals surface area contributed by atoms with Gasteiger partial charge in [-0.05, 0) is 64.8 Å². The summed E-state index contributed by atoms with van der Waals surface area (Å²) >= 11 is 0. The monoisotopic (exact) mass is 324 g/mol. The predicted octanol–water partition coefficient (Wildman–Crippen LogP) is 4.19. The minimum absolute atomic E-state index is 0.250. The van der Waals surface area contributed by atoms with Crippen LogP contribution in [0.15, 0.2) is 0 Å². The molecule has 134 valence electrons. The van der Waals surface area contributed by atoms with E-state index in [2.05, 4.69) is 17.1 Å². The number of piperidine rings is 1. The maximum atomic E-state index is 12.1. The van der Waals surface area contributed by atoms with E-state index >= 15 is 0 Å². The number of likely N-dealkylation sites (tertiary alicyclic amines) is 1. The average molecular weight is 325 g/mol. The molecule has 0 radical (unpaired) electrons. The highest BCUT2D eigenvalue weighted by Gasteiger charge is 2.30. The van der Waals surface area contributed by atoms with Gasteiger partial charge in [0, 0.05) is 19.1 Å². The number of ether oxygens (including phenoxy) is 1. The fraction of sp³-hybridized carbons (Fsp3) is 0.947. The van der Waals surface area contributed by atoms with Crippen molar-refractivity contribution in [3.63, 3.8) is 0 Å². The molecule has 4 heteroatoms. The quantitative estimate of drug-likeness (QED) is 0.843. The number of carbonyl (C=O) groups is 1. The summed E-state index contributed by atoms with van der Waals surface area (Å²) in [6.45, 7) is 11.7. The molecule has 4 nitrogen and oxygen atoms in total. The van der Waals surface area contributed by atoms with Crippen LogP contribution in [0.5, 0.6) is 0 Å². The van der Waals surface area contributed by atoms with Crippen LogP contribution < -0.4 is 5.32 Å². The summed E-state index contributed by atoms with van der Waals surface area (Å²) in [5, 5.41) is 3.15. The number of amides is 1. The van der Waals surface area contributed by atoms with E-state index < -0.39 is 5.60 Å². The van der Waals surface area contributed by atoms with Gasteiger partial charge in [-0.1, -0.05) is 26.2 Å². The van der Waals surface area contributed by atoms with Crippen LogP contribution in [0.1, 0.15) is 72.6 Å². The Kier molecular flexibility index (Phi) is 6.75. The molecule has 1 heterocycles. The maximum Gasteiger partial charge on any atom is 0.407 e. The lowest BCUT2D eigenvalue weighted by Gasteiger charge is -2.39. The molecule has 0 aromatic carbocycles. The van der Waals surface area contributed by atoms with Gasteiger partial charge in [-0.2, -0.15) is 0 Å². The van der Waals surface area contributed by atoms with Crippen LogP contribution in [0.25, 0.3) is 0 Å². The molecular weight excluding hydrogens is 288 g/mol. The molecule has 0 aromatic heterocycles. The van der Waals surface area contributed by atoms with Crippen LogP contribution >= 0.6 is 0 Å². The van der Waals surface area contributed by atoms with Gasteiger partial charge in [0.2, 0.25) is 0 Å². The minimum Gasteiger partial charge on any atom is -0.444 e. The Bertz CT molecular complexity index is 378. The number of carbonyl (C=O) groups excluding carboxylic acids is 1. The summed E-state index contributed by atoms with van der Waals surface area (Å²) in [6, 6.07) is 0.278. The smallest absolute Gasteiger partial charge is 0.407 e. The van der Waals surface area contributed by atoms with Crippen LogP contribution in [0.4, 0.5) is 4.79 Å². The molecule has 23 heavy (non-hydrogen) atoms. The van der Waals surface area contributed by atoms with Crippen molar-refractivity contribution in [3.05, 3.63) is 0 Å². The first-order chi connectivity index (χ1) is 10.9. The zero-order valence-electron chi connectivity index (χ0n) is 15.6. The molecule has 2 aliphatic rings. The maximum absolute atomic E-state index is 12.1. The van der Waals surface area contributed by atoms with Gasteiger partial charge in [0.25, 0.3) is 0 Å². The number of rotatable bonds is 4. The second-order valence-corrected chi connectivity index (χ2v) is 8.47. The van der Waals surface area contributed by atoms with Gasteiger partial charge in [-0.3, -0.25) is 0 Å². The normalized spacial score (nSPS) is 30.0. The van der Waals surface area contributed by atoms with E-state index in [0.717, 1.165) is 18.9 Å². The van der Waals surface area contributed by atoms with Gasteiger partial charge in [-0.25, -0.2) is 4.79 Å². The molecule has 0 aromatic rings.